The van der Waals surface area contributed by atoms with Crippen molar-refractivity contribution < 1.29 is 13.2 Å². The van der Waals surface area contributed by atoms with E-state index in [1.165, 1.54) is 12.1 Å². The Balaban J connectivity index is 3.15. The van der Waals surface area contributed by atoms with Crippen LogP contribution < -0.4 is 10.0 Å². The first-order valence-electron chi connectivity index (χ1n) is 5.44. The molecular weight excluding hydrogens is 252 g/mol. The number of amides is 1. The predicted octanol–water partition coefficient (Wildman–Crippen LogP) is 1.50. The Kier molecular flexibility index (Phi) is 4.63. The van der Waals surface area contributed by atoms with E-state index < -0.39 is 15.9 Å². The molecule has 0 saturated heterocycles. The third kappa shape index (κ3) is 3.41. The molecule has 0 atom stereocenters. The highest BCUT2D eigenvalue weighted by Crippen LogP contribution is 2.20. The highest BCUT2D eigenvalue weighted by molar-refractivity contribution is 7.89. The summed E-state index contributed by atoms with van der Waals surface area (Å²) < 4.78 is 26.2. The maximum Gasteiger partial charge on any atom is 0.250 e. The number of benzene rings is 1. The number of carbonyl (C=O) groups is 1. The lowest BCUT2D eigenvalue weighted by Crippen LogP contribution is -2.25. The van der Waals surface area contributed by atoms with Gasteiger partial charge in [-0.2, -0.15) is 0 Å². The van der Waals surface area contributed by atoms with Crippen LogP contribution in [-0.2, 0) is 14.8 Å². The molecule has 0 saturated carbocycles. The van der Waals surface area contributed by atoms with E-state index in [1.54, 1.807) is 26.0 Å². The average Bonchev–Trinajstić information content (AvgIpc) is 2.29. The summed E-state index contributed by atoms with van der Waals surface area (Å²) in [4.78, 5) is 11.6. The van der Waals surface area contributed by atoms with Crippen molar-refractivity contribution in [2.24, 2.45) is 0 Å². The molecule has 1 aromatic rings. The number of carbonyl (C=O) groups excluding carboxylic acids is 1. The molecule has 2 N–H and O–H groups in total. The van der Waals surface area contributed by atoms with Crippen molar-refractivity contribution in [2.75, 3.05) is 11.9 Å². The highest BCUT2D eigenvalue weighted by atomic mass is 32.2. The first kappa shape index (κ1) is 14.4. The van der Waals surface area contributed by atoms with Crippen molar-refractivity contribution in [2.45, 2.75) is 18.7 Å². The van der Waals surface area contributed by atoms with Crippen LogP contribution in [0.15, 0.2) is 41.3 Å². The molecule has 0 bridgehead atoms. The number of hydrogen-bond donors (Lipinski definition) is 2. The molecule has 1 aromatic carbocycles. The maximum absolute atomic E-state index is 11.9. The minimum Gasteiger partial charge on any atom is -0.321 e. The van der Waals surface area contributed by atoms with E-state index in [1.807, 2.05) is 0 Å². The van der Waals surface area contributed by atoms with Crippen LogP contribution in [0.1, 0.15) is 13.8 Å². The monoisotopic (exact) mass is 268 g/mol. The first-order chi connectivity index (χ1) is 8.38. The Bertz CT molecular complexity index is 564. The molecule has 1 amide bonds. The molecule has 0 unspecified atom stereocenters. The molecule has 0 aliphatic rings. The fraction of sp³-hybridized carbons (Fsp3) is 0.250. The third-order valence-corrected chi connectivity index (χ3v) is 3.75. The Morgan fingerprint density at radius 3 is 2.50 bits per heavy atom. The molecule has 0 fully saturated rings. The van der Waals surface area contributed by atoms with Crippen molar-refractivity contribution in [1.82, 2.24) is 4.72 Å². The van der Waals surface area contributed by atoms with Crippen molar-refractivity contribution in [3.05, 3.63) is 36.4 Å². The molecule has 0 aliphatic carbocycles. The third-order valence-electron chi connectivity index (χ3n) is 2.15. The predicted molar refractivity (Wildman–Crippen MR) is 70.7 cm³/mol. The lowest BCUT2D eigenvalue weighted by Gasteiger charge is -2.11. The van der Waals surface area contributed by atoms with E-state index in [0.717, 1.165) is 0 Å². The van der Waals surface area contributed by atoms with Crippen LogP contribution in [-0.4, -0.2) is 20.9 Å². The van der Waals surface area contributed by atoms with Gasteiger partial charge in [-0.1, -0.05) is 25.6 Å². The van der Waals surface area contributed by atoms with E-state index in [2.05, 4.69) is 16.6 Å². The molecule has 0 radical (unpaired) electrons. The summed E-state index contributed by atoms with van der Waals surface area (Å²) in [6.45, 7) is 7.02. The Morgan fingerprint density at radius 2 is 1.94 bits per heavy atom. The van der Waals surface area contributed by atoms with Crippen LogP contribution in [0, 0.1) is 0 Å². The minimum absolute atomic E-state index is 0.0430. The summed E-state index contributed by atoms with van der Waals surface area (Å²) >= 11 is 0. The van der Waals surface area contributed by atoms with Crippen molar-refractivity contribution >= 4 is 21.6 Å². The molecule has 6 heteroatoms. The Labute approximate surface area is 107 Å². The van der Waals surface area contributed by atoms with Crippen LogP contribution in [0.4, 0.5) is 5.69 Å². The van der Waals surface area contributed by atoms with Crippen LogP contribution >= 0.6 is 0 Å². The first-order valence-corrected chi connectivity index (χ1v) is 6.92. The van der Waals surface area contributed by atoms with Crippen molar-refractivity contribution in [3.8, 4) is 0 Å². The quantitative estimate of drug-likeness (QED) is 0.795. The second kappa shape index (κ2) is 5.79. The van der Waals surface area contributed by atoms with E-state index in [0.29, 0.717) is 5.57 Å². The van der Waals surface area contributed by atoms with Gasteiger partial charge in [-0.25, -0.2) is 13.1 Å². The minimum atomic E-state index is -3.61. The zero-order valence-electron chi connectivity index (χ0n) is 10.4. The molecular formula is C12H16N2O3S. The van der Waals surface area contributed by atoms with Gasteiger partial charge in [0, 0.05) is 12.1 Å². The van der Waals surface area contributed by atoms with Gasteiger partial charge in [-0.15, -0.1) is 0 Å². The molecule has 5 nitrogen and oxygen atoms in total. The van der Waals surface area contributed by atoms with Gasteiger partial charge < -0.3 is 5.32 Å². The number of para-hydroxylation sites is 1. The Morgan fingerprint density at radius 1 is 1.33 bits per heavy atom. The van der Waals surface area contributed by atoms with E-state index in [-0.39, 0.29) is 17.1 Å². The SMILES string of the molecule is C=C(C)C(=O)Nc1ccccc1S(=O)(=O)NCC. The average molecular weight is 268 g/mol. The van der Waals surface area contributed by atoms with Crippen LogP contribution in [0.3, 0.4) is 0 Å². The maximum atomic E-state index is 11.9. The summed E-state index contributed by atoms with van der Waals surface area (Å²) in [5.41, 5.74) is 0.553. The largest absolute Gasteiger partial charge is 0.321 e. The molecule has 98 valence electrons. The van der Waals surface area contributed by atoms with Gasteiger partial charge in [-0.3, -0.25) is 4.79 Å². The lowest BCUT2D eigenvalue weighted by molar-refractivity contribution is -0.112. The van der Waals surface area contributed by atoms with Crippen LogP contribution in [0.25, 0.3) is 0 Å². The number of hydrogen-bond acceptors (Lipinski definition) is 3. The van der Waals surface area contributed by atoms with Gasteiger partial charge in [-0.05, 0) is 19.1 Å². The summed E-state index contributed by atoms with van der Waals surface area (Å²) in [6, 6.07) is 6.22. The summed E-state index contributed by atoms with van der Waals surface area (Å²) in [5.74, 6) is -0.408. The van der Waals surface area contributed by atoms with Gasteiger partial charge in [0.1, 0.15) is 4.90 Å². The molecule has 0 aliphatic heterocycles. The summed E-state index contributed by atoms with van der Waals surface area (Å²) in [7, 11) is -3.61. The normalized spacial score (nSPS) is 11.0. The standard InChI is InChI=1S/C12H16N2O3S/c1-4-13-18(16,17)11-8-6-5-7-10(11)14-12(15)9(2)3/h5-8,13H,2,4H2,1,3H3,(H,14,15). The number of nitrogens with one attached hydrogen (secondary N) is 2. The fourth-order valence-electron chi connectivity index (χ4n) is 1.30. The molecule has 0 heterocycles. The number of sulfonamides is 1. The second-order valence-corrected chi connectivity index (χ2v) is 5.47. The van der Waals surface area contributed by atoms with Crippen LogP contribution in [0.2, 0.25) is 0 Å². The molecule has 0 spiro atoms. The van der Waals surface area contributed by atoms with Gasteiger partial charge in [0.15, 0.2) is 0 Å². The van der Waals surface area contributed by atoms with Crippen molar-refractivity contribution in [1.29, 1.82) is 0 Å². The van der Waals surface area contributed by atoms with Gasteiger partial charge in [0.2, 0.25) is 10.0 Å². The van der Waals surface area contributed by atoms with E-state index >= 15 is 0 Å². The van der Waals surface area contributed by atoms with Crippen LogP contribution in [0.5, 0.6) is 0 Å². The Hall–Kier alpha value is -1.66. The molecule has 1 rings (SSSR count). The molecule has 0 aromatic heterocycles. The molecule has 18 heavy (non-hydrogen) atoms. The van der Waals surface area contributed by atoms with E-state index in [9.17, 15) is 13.2 Å². The van der Waals surface area contributed by atoms with Gasteiger partial charge >= 0.3 is 0 Å². The fourth-order valence-corrected chi connectivity index (χ4v) is 2.50. The zero-order chi connectivity index (χ0) is 13.8. The number of anilines is 1. The van der Waals surface area contributed by atoms with Gasteiger partial charge in [0.25, 0.3) is 5.91 Å². The summed E-state index contributed by atoms with van der Waals surface area (Å²) in [6.07, 6.45) is 0. The number of rotatable bonds is 5. The zero-order valence-corrected chi connectivity index (χ0v) is 11.2. The van der Waals surface area contributed by atoms with Crippen molar-refractivity contribution in [3.63, 3.8) is 0 Å². The highest BCUT2D eigenvalue weighted by Gasteiger charge is 2.18. The smallest absolute Gasteiger partial charge is 0.250 e. The summed E-state index contributed by atoms with van der Waals surface area (Å²) in [5, 5.41) is 2.52. The second-order valence-electron chi connectivity index (χ2n) is 3.73. The van der Waals surface area contributed by atoms with E-state index in [4.69, 9.17) is 0 Å². The van der Waals surface area contributed by atoms with Gasteiger partial charge in [0.05, 0.1) is 5.69 Å². The topological polar surface area (TPSA) is 75.3 Å². The lowest BCUT2D eigenvalue weighted by atomic mass is 10.3.